The van der Waals surface area contributed by atoms with Gasteiger partial charge in [-0.05, 0) is 51.5 Å². The molecule has 0 amide bonds. The Morgan fingerprint density at radius 1 is 1.23 bits per heavy atom. The van der Waals surface area contributed by atoms with Gasteiger partial charge in [-0.2, -0.15) is 0 Å². The van der Waals surface area contributed by atoms with Crippen molar-refractivity contribution in [3.8, 4) is 5.75 Å². The molecule has 0 aliphatic rings. The van der Waals surface area contributed by atoms with E-state index in [1.807, 2.05) is 20.8 Å². The fraction of sp³-hybridized carbons (Fsp3) is 0.400. The number of hydrogen-bond donors (Lipinski definition) is 1. The van der Waals surface area contributed by atoms with Crippen LogP contribution in [0.2, 0.25) is 0 Å². The minimum Gasteiger partial charge on any atom is -0.494 e. The molecule has 0 radical (unpaired) electrons. The van der Waals surface area contributed by atoms with Gasteiger partial charge in [0.05, 0.1) is 17.2 Å². The largest absolute Gasteiger partial charge is 0.494 e. The van der Waals surface area contributed by atoms with Crippen LogP contribution < -0.4 is 9.46 Å². The van der Waals surface area contributed by atoms with Crippen molar-refractivity contribution in [3.05, 3.63) is 41.3 Å². The van der Waals surface area contributed by atoms with Gasteiger partial charge in [0.2, 0.25) is 10.0 Å². The van der Waals surface area contributed by atoms with Crippen LogP contribution in [0.1, 0.15) is 23.9 Å². The van der Waals surface area contributed by atoms with E-state index in [9.17, 15) is 8.42 Å². The van der Waals surface area contributed by atoms with Gasteiger partial charge in [-0.25, -0.2) is 13.1 Å². The van der Waals surface area contributed by atoms with Gasteiger partial charge < -0.3 is 9.26 Å². The smallest absolute Gasteiger partial charge is 0.240 e. The molecule has 2 aromatic rings. The van der Waals surface area contributed by atoms with Gasteiger partial charge in [0.15, 0.2) is 0 Å². The second-order valence-electron chi connectivity index (χ2n) is 4.85. The normalized spacial score (nSPS) is 11.6. The van der Waals surface area contributed by atoms with Crippen LogP contribution in [0.25, 0.3) is 0 Å². The van der Waals surface area contributed by atoms with Gasteiger partial charge in [0, 0.05) is 12.1 Å². The Balaban J connectivity index is 1.99. The first-order valence-electron chi connectivity index (χ1n) is 7.08. The summed E-state index contributed by atoms with van der Waals surface area (Å²) in [4.78, 5) is 0.217. The molecular formula is C15H20N2O4S. The SMILES string of the molecule is CCOc1ccc(S(=O)(=O)NCCc2c(C)noc2C)cc1. The summed E-state index contributed by atoms with van der Waals surface area (Å²) in [6.45, 7) is 6.37. The van der Waals surface area contributed by atoms with E-state index >= 15 is 0 Å². The van der Waals surface area contributed by atoms with E-state index in [-0.39, 0.29) is 4.90 Å². The maximum atomic E-state index is 12.2. The number of aryl methyl sites for hydroxylation is 2. The van der Waals surface area contributed by atoms with Crippen molar-refractivity contribution in [2.75, 3.05) is 13.2 Å². The molecule has 1 aromatic heterocycles. The van der Waals surface area contributed by atoms with Crippen LogP contribution in [-0.4, -0.2) is 26.7 Å². The van der Waals surface area contributed by atoms with Crippen molar-refractivity contribution < 1.29 is 17.7 Å². The zero-order valence-electron chi connectivity index (χ0n) is 12.9. The average molecular weight is 324 g/mol. The minimum atomic E-state index is -3.53. The quantitative estimate of drug-likeness (QED) is 0.844. The number of benzene rings is 1. The third-order valence-electron chi connectivity index (χ3n) is 3.29. The molecule has 120 valence electrons. The molecule has 0 fully saturated rings. The summed E-state index contributed by atoms with van der Waals surface area (Å²) in [7, 11) is -3.53. The lowest BCUT2D eigenvalue weighted by molar-refractivity contribution is 0.340. The number of ether oxygens (including phenoxy) is 1. The minimum absolute atomic E-state index is 0.217. The molecule has 0 aliphatic carbocycles. The number of nitrogens with one attached hydrogen (secondary N) is 1. The van der Waals surface area contributed by atoms with E-state index in [1.165, 1.54) is 12.1 Å². The number of nitrogens with zero attached hydrogens (tertiary/aromatic N) is 1. The van der Waals surface area contributed by atoms with Crippen molar-refractivity contribution in [2.24, 2.45) is 0 Å². The predicted octanol–water partition coefficient (Wildman–Crippen LogP) is 2.21. The number of aromatic nitrogens is 1. The van der Waals surface area contributed by atoms with Crippen molar-refractivity contribution in [1.29, 1.82) is 0 Å². The van der Waals surface area contributed by atoms with E-state index in [0.717, 1.165) is 17.0 Å². The average Bonchev–Trinajstić information content (AvgIpc) is 2.80. The fourth-order valence-electron chi connectivity index (χ4n) is 2.13. The van der Waals surface area contributed by atoms with E-state index in [4.69, 9.17) is 9.26 Å². The van der Waals surface area contributed by atoms with Crippen LogP contribution in [0.15, 0.2) is 33.7 Å². The highest BCUT2D eigenvalue weighted by molar-refractivity contribution is 7.89. The molecule has 0 saturated heterocycles. The van der Waals surface area contributed by atoms with E-state index < -0.39 is 10.0 Å². The highest BCUT2D eigenvalue weighted by atomic mass is 32.2. The molecule has 7 heteroatoms. The lowest BCUT2D eigenvalue weighted by Crippen LogP contribution is -2.26. The number of rotatable bonds is 7. The van der Waals surface area contributed by atoms with E-state index in [2.05, 4.69) is 9.88 Å². The Bertz CT molecular complexity index is 701. The molecule has 0 bridgehead atoms. The third kappa shape index (κ3) is 3.86. The lowest BCUT2D eigenvalue weighted by Gasteiger charge is -2.08. The van der Waals surface area contributed by atoms with Gasteiger partial charge in [-0.3, -0.25) is 0 Å². The van der Waals surface area contributed by atoms with Crippen molar-refractivity contribution in [2.45, 2.75) is 32.1 Å². The zero-order chi connectivity index (χ0) is 16.2. The standard InChI is InChI=1S/C15H20N2O4S/c1-4-20-13-5-7-14(8-6-13)22(18,19)16-10-9-15-11(2)17-21-12(15)3/h5-8,16H,4,9-10H2,1-3H3. The Morgan fingerprint density at radius 2 is 1.91 bits per heavy atom. The van der Waals surface area contributed by atoms with Crippen LogP contribution in [0.3, 0.4) is 0 Å². The van der Waals surface area contributed by atoms with Crippen molar-refractivity contribution in [1.82, 2.24) is 9.88 Å². The highest BCUT2D eigenvalue weighted by Gasteiger charge is 2.15. The van der Waals surface area contributed by atoms with Crippen LogP contribution in [0.5, 0.6) is 5.75 Å². The molecule has 1 aromatic carbocycles. The monoisotopic (exact) mass is 324 g/mol. The number of hydrogen-bond acceptors (Lipinski definition) is 5. The summed E-state index contributed by atoms with van der Waals surface area (Å²) in [5.41, 5.74) is 1.73. The summed E-state index contributed by atoms with van der Waals surface area (Å²) in [6, 6.07) is 6.35. The molecule has 0 aliphatic heterocycles. The molecule has 22 heavy (non-hydrogen) atoms. The Labute approximate surface area is 130 Å². The summed E-state index contributed by atoms with van der Waals surface area (Å²) < 4.78 is 37.4. The number of sulfonamides is 1. The molecule has 0 saturated carbocycles. The van der Waals surface area contributed by atoms with Crippen LogP contribution >= 0.6 is 0 Å². The third-order valence-corrected chi connectivity index (χ3v) is 4.77. The second kappa shape index (κ2) is 6.93. The van der Waals surface area contributed by atoms with Gasteiger partial charge in [0.1, 0.15) is 11.5 Å². The first-order valence-corrected chi connectivity index (χ1v) is 8.56. The van der Waals surface area contributed by atoms with Gasteiger partial charge in [0.25, 0.3) is 0 Å². The van der Waals surface area contributed by atoms with Gasteiger partial charge >= 0.3 is 0 Å². The summed E-state index contributed by atoms with van der Waals surface area (Å²) in [5.74, 6) is 1.37. The zero-order valence-corrected chi connectivity index (χ0v) is 13.7. The Morgan fingerprint density at radius 3 is 2.45 bits per heavy atom. The molecular weight excluding hydrogens is 304 g/mol. The Hall–Kier alpha value is -1.86. The molecule has 0 atom stereocenters. The van der Waals surface area contributed by atoms with Crippen LogP contribution in [-0.2, 0) is 16.4 Å². The van der Waals surface area contributed by atoms with E-state index in [1.54, 1.807) is 12.1 Å². The fourth-order valence-corrected chi connectivity index (χ4v) is 3.17. The van der Waals surface area contributed by atoms with Crippen LogP contribution in [0.4, 0.5) is 0 Å². The second-order valence-corrected chi connectivity index (χ2v) is 6.62. The van der Waals surface area contributed by atoms with Crippen molar-refractivity contribution in [3.63, 3.8) is 0 Å². The van der Waals surface area contributed by atoms with Crippen molar-refractivity contribution >= 4 is 10.0 Å². The first-order chi connectivity index (χ1) is 10.4. The molecule has 0 unspecified atom stereocenters. The molecule has 6 nitrogen and oxygen atoms in total. The molecule has 1 N–H and O–H groups in total. The molecule has 0 spiro atoms. The summed E-state index contributed by atoms with van der Waals surface area (Å²) in [5, 5.41) is 3.85. The lowest BCUT2D eigenvalue weighted by atomic mass is 10.1. The maximum absolute atomic E-state index is 12.2. The summed E-state index contributed by atoms with van der Waals surface area (Å²) >= 11 is 0. The highest BCUT2D eigenvalue weighted by Crippen LogP contribution is 2.16. The van der Waals surface area contributed by atoms with Crippen LogP contribution in [0, 0.1) is 13.8 Å². The van der Waals surface area contributed by atoms with E-state index in [0.29, 0.717) is 25.3 Å². The topological polar surface area (TPSA) is 81.4 Å². The Kier molecular flexibility index (Phi) is 5.20. The van der Waals surface area contributed by atoms with Gasteiger partial charge in [-0.1, -0.05) is 5.16 Å². The molecule has 1 heterocycles. The van der Waals surface area contributed by atoms with Gasteiger partial charge in [-0.15, -0.1) is 0 Å². The predicted molar refractivity (Wildman–Crippen MR) is 82.5 cm³/mol. The maximum Gasteiger partial charge on any atom is 0.240 e. The first kappa shape index (κ1) is 16.5. The molecule has 2 rings (SSSR count). The summed E-state index contributed by atoms with van der Waals surface area (Å²) in [6.07, 6.45) is 0.539.